The summed E-state index contributed by atoms with van der Waals surface area (Å²) < 4.78 is 20.6. The third kappa shape index (κ3) is 3.00. The van der Waals surface area contributed by atoms with E-state index in [2.05, 4.69) is 13.0 Å². The fourth-order valence-corrected chi connectivity index (χ4v) is 5.41. The Kier molecular flexibility index (Phi) is 4.41. The van der Waals surface area contributed by atoms with Crippen molar-refractivity contribution in [2.45, 2.75) is 19.4 Å². The highest BCUT2D eigenvalue weighted by Crippen LogP contribution is 2.43. The molecule has 3 heterocycles. The number of rotatable bonds is 3. The van der Waals surface area contributed by atoms with E-state index < -0.39 is 17.8 Å². The van der Waals surface area contributed by atoms with Crippen LogP contribution in [0.2, 0.25) is 0 Å². The highest BCUT2D eigenvalue weighted by molar-refractivity contribution is 7.22. The van der Waals surface area contributed by atoms with Crippen LogP contribution >= 0.6 is 11.3 Å². The van der Waals surface area contributed by atoms with Gasteiger partial charge >= 0.3 is 0 Å². The number of aromatic nitrogens is 1. The van der Waals surface area contributed by atoms with Crippen LogP contribution in [0.4, 0.5) is 9.52 Å². The SMILES string of the molecule is CCc1ccc2nc(N3C(=O)c4oc5ccccc5c(=O)c4[C@@H]3c3ccc(F)cc3)sc2c1. The number of hydrogen-bond acceptors (Lipinski definition) is 5. The lowest BCUT2D eigenvalue weighted by atomic mass is 9.99. The van der Waals surface area contributed by atoms with E-state index in [9.17, 15) is 14.0 Å². The quantitative estimate of drug-likeness (QED) is 0.341. The Morgan fingerprint density at radius 3 is 2.64 bits per heavy atom. The van der Waals surface area contributed by atoms with Gasteiger partial charge < -0.3 is 4.42 Å². The minimum atomic E-state index is -0.764. The molecule has 162 valence electrons. The van der Waals surface area contributed by atoms with Crippen molar-refractivity contribution < 1.29 is 13.6 Å². The minimum Gasteiger partial charge on any atom is -0.450 e. The van der Waals surface area contributed by atoms with Crippen molar-refractivity contribution >= 4 is 43.6 Å². The van der Waals surface area contributed by atoms with Gasteiger partial charge in [-0.3, -0.25) is 14.5 Å². The van der Waals surface area contributed by atoms with Crippen LogP contribution in [-0.2, 0) is 6.42 Å². The van der Waals surface area contributed by atoms with Crippen LogP contribution in [0.15, 0.2) is 75.9 Å². The summed E-state index contributed by atoms with van der Waals surface area (Å²) in [5.41, 5.74) is 2.89. The number of aryl methyl sites for hydroxylation is 1. The third-order valence-electron chi connectivity index (χ3n) is 6.02. The Morgan fingerprint density at radius 2 is 1.85 bits per heavy atom. The zero-order chi connectivity index (χ0) is 22.7. The van der Waals surface area contributed by atoms with Gasteiger partial charge in [0.25, 0.3) is 5.91 Å². The molecule has 3 aromatic carbocycles. The monoisotopic (exact) mass is 456 g/mol. The second-order valence-electron chi connectivity index (χ2n) is 7.95. The van der Waals surface area contributed by atoms with Gasteiger partial charge in [-0.1, -0.05) is 48.6 Å². The van der Waals surface area contributed by atoms with Crippen LogP contribution in [0.25, 0.3) is 21.2 Å². The van der Waals surface area contributed by atoms with Crippen molar-refractivity contribution in [3.8, 4) is 0 Å². The molecular weight excluding hydrogens is 439 g/mol. The molecule has 1 aliphatic rings. The maximum absolute atomic E-state index is 13.7. The number of para-hydroxylation sites is 1. The van der Waals surface area contributed by atoms with Gasteiger partial charge in [0, 0.05) is 0 Å². The average Bonchev–Trinajstić information content (AvgIpc) is 3.38. The molecule has 0 saturated heterocycles. The van der Waals surface area contributed by atoms with Gasteiger partial charge in [-0.15, -0.1) is 0 Å². The van der Waals surface area contributed by atoms with Crippen LogP contribution in [0, 0.1) is 5.82 Å². The first kappa shape index (κ1) is 19.8. The second kappa shape index (κ2) is 7.35. The molecule has 0 fully saturated rings. The largest absolute Gasteiger partial charge is 0.450 e. The number of nitrogens with zero attached hydrogens (tertiary/aromatic N) is 2. The van der Waals surface area contributed by atoms with E-state index in [1.165, 1.54) is 33.9 Å². The topological polar surface area (TPSA) is 63.4 Å². The molecule has 6 rings (SSSR count). The number of carbonyl (C=O) groups is 1. The number of carbonyl (C=O) groups excluding carboxylic acids is 1. The van der Waals surface area contributed by atoms with Gasteiger partial charge in [-0.05, 0) is 53.9 Å². The predicted molar refractivity (Wildman–Crippen MR) is 127 cm³/mol. The second-order valence-corrected chi connectivity index (χ2v) is 8.96. The van der Waals surface area contributed by atoms with Gasteiger partial charge in [0.2, 0.25) is 5.76 Å². The summed E-state index contributed by atoms with van der Waals surface area (Å²) in [6, 6.07) is 17.9. The van der Waals surface area contributed by atoms with Crippen LogP contribution < -0.4 is 10.3 Å². The molecule has 2 aromatic heterocycles. The normalized spacial score (nSPS) is 15.5. The van der Waals surface area contributed by atoms with Gasteiger partial charge in [-0.2, -0.15) is 0 Å². The number of thiazole rings is 1. The molecule has 33 heavy (non-hydrogen) atoms. The molecule has 0 unspecified atom stereocenters. The summed E-state index contributed by atoms with van der Waals surface area (Å²) in [7, 11) is 0. The molecule has 0 spiro atoms. The molecule has 5 aromatic rings. The zero-order valence-electron chi connectivity index (χ0n) is 17.5. The Morgan fingerprint density at radius 1 is 1.06 bits per heavy atom. The lowest BCUT2D eigenvalue weighted by Gasteiger charge is -2.22. The highest BCUT2D eigenvalue weighted by atomic mass is 32.1. The van der Waals surface area contributed by atoms with Crippen LogP contribution in [0.3, 0.4) is 0 Å². The summed E-state index contributed by atoms with van der Waals surface area (Å²) in [5.74, 6) is -0.828. The number of fused-ring (bicyclic) bond motifs is 3. The molecule has 0 bridgehead atoms. The first-order chi connectivity index (χ1) is 16.0. The summed E-state index contributed by atoms with van der Waals surface area (Å²) in [5, 5.41) is 0.863. The van der Waals surface area contributed by atoms with E-state index in [4.69, 9.17) is 9.40 Å². The average molecular weight is 456 g/mol. The van der Waals surface area contributed by atoms with Crippen molar-refractivity contribution in [2.75, 3.05) is 4.90 Å². The molecule has 1 atom stereocenters. The molecule has 0 aliphatic carbocycles. The molecule has 7 heteroatoms. The maximum Gasteiger partial charge on any atom is 0.297 e. The van der Waals surface area contributed by atoms with E-state index in [1.54, 1.807) is 36.4 Å². The number of hydrogen-bond donors (Lipinski definition) is 0. The zero-order valence-corrected chi connectivity index (χ0v) is 18.4. The minimum absolute atomic E-state index is 0.00142. The Bertz CT molecular complexity index is 1620. The molecule has 1 amide bonds. The van der Waals surface area contributed by atoms with E-state index in [-0.39, 0.29) is 16.8 Å². The number of amides is 1. The van der Waals surface area contributed by atoms with Crippen molar-refractivity contribution in [3.63, 3.8) is 0 Å². The van der Waals surface area contributed by atoms with Gasteiger partial charge in [0.1, 0.15) is 11.4 Å². The van der Waals surface area contributed by atoms with Crippen molar-refractivity contribution in [1.29, 1.82) is 0 Å². The smallest absolute Gasteiger partial charge is 0.297 e. The first-order valence-electron chi connectivity index (χ1n) is 10.6. The molecule has 1 aliphatic heterocycles. The molecule has 0 radical (unpaired) electrons. The Labute approximate surface area is 191 Å². The van der Waals surface area contributed by atoms with Gasteiger partial charge in [0.05, 0.1) is 27.2 Å². The van der Waals surface area contributed by atoms with Crippen molar-refractivity contribution in [2.24, 2.45) is 0 Å². The first-order valence-corrected chi connectivity index (χ1v) is 11.4. The van der Waals surface area contributed by atoms with E-state index in [1.807, 2.05) is 12.1 Å². The van der Waals surface area contributed by atoms with Crippen LogP contribution in [-0.4, -0.2) is 10.9 Å². The molecule has 5 nitrogen and oxygen atoms in total. The summed E-state index contributed by atoms with van der Waals surface area (Å²) in [6.07, 6.45) is 0.889. The van der Waals surface area contributed by atoms with Crippen LogP contribution in [0.1, 0.15) is 40.2 Å². The Balaban J connectivity index is 1.62. The number of halogens is 1. The highest BCUT2D eigenvalue weighted by Gasteiger charge is 2.45. The molecular formula is C26H17FN2O3S. The Hall–Kier alpha value is -3.84. The summed E-state index contributed by atoms with van der Waals surface area (Å²) in [6.45, 7) is 2.08. The molecule has 0 saturated carbocycles. The fourth-order valence-electron chi connectivity index (χ4n) is 4.36. The number of anilines is 1. The van der Waals surface area contributed by atoms with Crippen molar-refractivity contribution in [3.05, 3.63) is 105 Å². The summed E-state index contributed by atoms with van der Waals surface area (Å²) in [4.78, 5) is 33.3. The number of benzene rings is 3. The van der Waals surface area contributed by atoms with E-state index >= 15 is 0 Å². The van der Waals surface area contributed by atoms with E-state index in [0.717, 1.165) is 16.6 Å². The molecule has 0 N–H and O–H groups in total. The third-order valence-corrected chi connectivity index (χ3v) is 7.04. The predicted octanol–water partition coefficient (Wildman–Crippen LogP) is 5.85. The van der Waals surface area contributed by atoms with Gasteiger partial charge in [0.15, 0.2) is 10.6 Å². The lowest BCUT2D eigenvalue weighted by molar-refractivity contribution is 0.0971. The summed E-state index contributed by atoms with van der Waals surface area (Å²) >= 11 is 1.39. The van der Waals surface area contributed by atoms with Crippen molar-refractivity contribution in [1.82, 2.24) is 4.98 Å². The van der Waals surface area contributed by atoms with Crippen LogP contribution in [0.5, 0.6) is 0 Å². The fraction of sp³-hybridized carbons (Fsp3) is 0.115. The maximum atomic E-state index is 13.7. The van der Waals surface area contributed by atoms with E-state index in [0.29, 0.717) is 21.7 Å². The van der Waals surface area contributed by atoms with Gasteiger partial charge in [-0.25, -0.2) is 9.37 Å². The standard InChI is InChI=1S/C26H17FN2O3S/c1-2-14-7-12-18-20(13-14)33-26(28-18)29-22(15-8-10-16(27)11-9-15)21-23(30)17-5-3-4-6-19(17)32-24(21)25(29)31/h3-13,22H,2H2,1H3/t22-/m0/s1. The lowest BCUT2D eigenvalue weighted by Crippen LogP contribution is -2.29.